The van der Waals surface area contributed by atoms with Crippen molar-refractivity contribution in [3.63, 3.8) is 0 Å². The Labute approximate surface area is 111 Å². The minimum atomic E-state index is -1.09. The van der Waals surface area contributed by atoms with Crippen LogP contribution in [0.25, 0.3) is 0 Å². The third-order valence-electron chi connectivity index (χ3n) is 3.14. The molecule has 3 N–H and O–H groups in total. The first-order chi connectivity index (χ1) is 9.10. The summed E-state index contributed by atoms with van der Waals surface area (Å²) in [5.41, 5.74) is 0.436. The summed E-state index contributed by atoms with van der Waals surface area (Å²) in [6.45, 7) is 2.13. The number of anilines is 1. The zero-order chi connectivity index (χ0) is 13.8. The topological polar surface area (TPSA) is 91.3 Å². The average Bonchev–Trinajstić information content (AvgIpc) is 3.08. The van der Waals surface area contributed by atoms with E-state index in [-0.39, 0.29) is 17.8 Å². The van der Waals surface area contributed by atoms with Crippen LogP contribution in [0.5, 0.6) is 0 Å². The Morgan fingerprint density at radius 2 is 2.26 bits per heavy atom. The summed E-state index contributed by atoms with van der Waals surface area (Å²) in [5, 5.41) is 14.2. The number of urea groups is 1. The van der Waals surface area contributed by atoms with Crippen molar-refractivity contribution in [3.05, 3.63) is 24.0 Å². The molecule has 6 heteroatoms. The highest BCUT2D eigenvalue weighted by Crippen LogP contribution is 2.34. The molecule has 0 aliphatic heterocycles. The molecule has 1 fully saturated rings. The summed E-state index contributed by atoms with van der Waals surface area (Å²) in [6.07, 6.45) is 4.64. The zero-order valence-electron chi connectivity index (χ0n) is 10.7. The maximum Gasteiger partial charge on any atom is 0.354 e. The number of carboxylic acid groups (broad SMARTS) is 1. The Morgan fingerprint density at radius 3 is 2.84 bits per heavy atom. The average molecular weight is 263 g/mol. The van der Waals surface area contributed by atoms with Crippen LogP contribution in [0.2, 0.25) is 0 Å². The molecular formula is C13H17N3O3. The Hall–Kier alpha value is -2.11. The second-order valence-corrected chi connectivity index (χ2v) is 4.73. The molecule has 19 heavy (non-hydrogen) atoms. The molecule has 1 aromatic rings. The minimum absolute atomic E-state index is 0.0452. The molecule has 0 bridgehead atoms. The van der Waals surface area contributed by atoms with Gasteiger partial charge in [0.1, 0.15) is 5.69 Å². The van der Waals surface area contributed by atoms with Crippen LogP contribution in [-0.2, 0) is 0 Å². The summed E-state index contributed by atoms with van der Waals surface area (Å²) in [6, 6.07) is 2.88. The summed E-state index contributed by atoms with van der Waals surface area (Å²) in [4.78, 5) is 26.0. The Balaban J connectivity index is 1.81. The molecule has 1 aliphatic carbocycles. The zero-order valence-corrected chi connectivity index (χ0v) is 10.7. The number of carbonyl (C=O) groups excluding carboxylic acids is 1. The first-order valence-electron chi connectivity index (χ1n) is 6.37. The van der Waals surface area contributed by atoms with Crippen molar-refractivity contribution in [2.45, 2.75) is 32.2 Å². The normalized spacial score (nSPS) is 20.7. The highest BCUT2D eigenvalue weighted by molar-refractivity contribution is 5.90. The van der Waals surface area contributed by atoms with Crippen LogP contribution < -0.4 is 10.6 Å². The van der Waals surface area contributed by atoms with Gasteiger partial charge in [-0.2, -0.15) is 0 Å². The lowest BCUT2D eigenvalue weighted by molar-refractivity contribution is 0.0690. The number of hydrogen-bond donors (Lipinski definition) is 3. The molecule has 1 aromatic heterocycles. The fourth-order valence-corrected chi connectivity index (χ4v) is 2.04. The SMILES string of the molecule is CCCC1CC1NC(=O)Nc1ccc(C(=O)O)nc1. The van der Waals surface area contributed by atoms with E-state index in [9.17, 15) is 9.59 Å². The van der Waals surface area contributed by atoms with Gasteiger partial charge in [0.2, 0.25) is 0 Å². The van der Waals surface area contributed by atoms with Gasteiger partial charge in [0.05, 0.1) is 11.9 Å². The first-order valence-corrected chi connectivity index (χ1v) is 6.37. The fourth-order valence-electron chi connectivity index (χ4n) is 2.04. The molecule has 0 aromatic carbocycles. The van der Waals surface area contributed by atoms with Gasteiger partial charge in [0.15, 0.2) is 0 Å². The molecule has 0 radical (unpaired) electrons. The van der Waals surface area contributed by atoms with Crippen molar-refractivity contribution in [2.24, 2.45) is 5.92 Å². The lowest BCUT2D eigenvalue weighted by Gasteiger charge is -2.07. The number of rotatable bonds is 5. The quantitative estimate of drug-likeness (QED) is 0.758. The fraction of sp³-hybridized carbons (Fsp3) is 0.462. The monoisotopic (exact) mass is 263 g/mol. The molecule has 6 nitrogen and oxygen atoms in total. The standard InChI is InChI=1S/C13H17N3O3/c1-2-3-8-6-11(8)16-13(19)15-9-4-5-10(12(17)18)14-7-9/h4-5,7-8,11H,2-3,6H2,1H3,(H,17,18)(H2,15,16,19). The molecular weight excluding hydrogens is 246 g/mol. The third-order valence-corrected chi connectivity index (χ3v) is 3.14. The maximum atomic E-state index is 11.7. The molecule has 2 rings (SSSR count). The summed E-state index contributed by atoms with van der Waals surface area (Å²) < 4.78 is 0. The molecule has 0 spiro atoms. The van der Waals surface area contributed by atoms with Crippen LogP contribution in [0, 0.1) is 5.92 Å². The van der Waals surface area contributed by atoms with Crippen LogP contribution in [0.4, 0.5) is 10.5 Å². The van der Waals surface area contributed by atoms with Crippen molar-refractivity contribution >= 4 is 17.7 Å². The van der Waals surface area contributed by atoms with Crippen LogP contribution in [0.15, 0.2) is 18.3 Å². The Kier molecular flexibility index (Phi) is 3.99. The van der Waals surface area contributed by atoms with E-state index in [1.807, 2.05) is 0 Å². The third kappa shape index (κ3) is 3.67. The van der Waals surface area contributed by atoms with E-state index in [4.69, 9.17) is 5.11 Å². The largest absolute Gasteiger partial charge is 0.477 e. The second kappa shape index (κ2) is 5.69. The second-order valence-electron chi connectivity index (χ2n) is 4.73. The van der Waals surface area contributed by atoms with Gasteiger partial charge in [-0.05, 0) is 30.9 Å². The number of amides is 2. The van der Waals surface area contributed by atoms with Crippen molar-refractivity contribution in [3.8, 4) is 0 Å². The van der Waals surface area contributed by atoms with Crippen molar-refractivity contribution in [1.82, 2.24) is 10.3 Å². The smallest absolute Gasteiger partial charge is 0.354 e. The van der Waals surface area contributed by atoms with Crippen LogP contribution >= 0.6 is 0 Å². The van der Waals surface area contributed by atoms with Gasteiger partial charge in [0, 0.05) is 6.04 Å². The molecule has 2 atom stereocenters. The van der Waals surface area contributed by atoms with Crippen molar-refractivity contribution in [1.29, 1.82) is 0 Å². The summed E-state index contributed by atoms with van der Waals surface area (Å²) in [5.74, 6) is -0.486. The highest BCUT2D eigenvalue weighted by atomic mass is 16.4. The molecule has 1 heterocycles. The van der Waals surface area contributed by atoms with E-state index in [1.165, 1.54) is 18.3 Å². The van der Waals surface area contributed by atoms with Gasteiger partial charge < -0.3 is 15.7 Å². The van der Waals surface area contributed by atoms with Gasteiger partial charge >= 0.3 is 12.0 Å². The summed E-state index contributed by atoms with van der Waals surface area (Å²) in [7, 11) is 0. The van der Waals surface area contributed by atoms with Gasteiger partial charge in [-0.1, -0.05) is 13.3 Å². The van der Waals surface area contributed by atoms with Gasteiger partial charge in [-0.15, -0.1) is 0 Å². The number of aromatic carboxylic acids is 1. The molecule has 2 amide bonds. The Morgan fingerprint density at radius 1 is 1.47 bits per heavy atom. The predicted octanol–water partition coefficient (Wildman–Crippen LogP) is 2.09. The molecule has 1 saturated carbocycles. The van der Waals surface area contributed by atoms with Crippen LogP contribution in [-0.4, -0.2) is 28.1 Å². The lowest BCUT2D eigenvalue weighted by atomic mass is 10.2. The minimum Gasteiger partial charge on any atom is -0.477 e. The van der Waals surface area contributed by atoms with Crippen LogP contribution in [0.1, 0.15) is 36.7 Å². The van der Waals surface area contributed by atoms with Gasteiger partial charge in [-0.3, -0.25) is 0 Å². The summed E-state index contributed by atoms with van der Waals surface area (Å²) >= 11 is 0. The molecule has 102 valence electrons. The van der Waals surface area contributed by atoms with E-state index in [0.717, 1.165) is 19.3 Å². The van der Waals surface area contributed by atoms with Gasteiger partial charge in [-0.25, -0.2) is 14.6 Å². The molecule has 2 unspecified atom stereocenters. The van der Waals surface area contributed by atoms with Crippen molar-refractivity contribution < 1.29 is 14.7 Å². The van der Waals surface area contributed by atoms with Crippen LogP contribution in [0.3, 0.4) is 0 Å². The number of nitrogens with zero attached hydrogens (tertiary/aromatic N) is 1. The lowest BCUT2D eigenvalue weighted by Crippen LogP contribution is -2.31. The number of aromatic nitrogens is 1. The number of carbonyl (C=O) groups is 2. The van der Waals surface area contributed by atoms with E-state index in [1.54, 1.807) is 0 Å². The molecule has 1 aliphatic rings. The van der Waals surface area contributed by atoms with E-state index in [2.05, 4.69) is 22.5 Å². The first kappa shape index (κ1) is 13.3. The Bertz CT molecular complexity index is 473. The highest BCUT2D eigenvalue weighted by Gasteiger charge is 2.37. The van der Waals surface area contributed by atoms with E-state index < -0.39 is 5.97 Å². The number of hydrogen-bond acceptors (Lipinski definition) is 3. The molecule has 0 saturated heterocycles. The number of carboxylic acids is 1. The number of nitrogens with one attached hydrogen (secondary N) is 2. The van der Waals surface area contributed by atoms with Gasteiger partial charge in [0.25, 0.3) is 0 Å². The maximum absolute atomic E-state index is 11.7. The van der Waals surface area contributed by atoms with E-state index >= 15 is 0 Å². The number of pyridine rings is 1. The van der Waals surface area contributed by atoms with Crippen molar-refractivity contribution in [2.75, 3.05) is 5.32 Å². The predicted molar refractivity (Wildman–Crippen MR) is 70.2 cm³/mol. The van der Waals surface area contributed by atoms with E-state index in [0.29, 0.717) is 11.6 Å².